The van der Waals surface area contributed by atoms with Crippen LogP contribution in [-0.2, 0) is 22.7 Å². The Hall–Kier alpha value is -2.16. The van der Waals surface area contributed by atoms with Crippen LogP contribution in [0.3, 0.4) is 0 Å². The van der Waals surface area contributed by atoms with Crippen molar-refractivity contribution in [2.24, 2.45) is 0 Å². The van der Waals surface area contributed by atoms with Gasteiger partial charge in [0, 0.05) is 29.6 Å². The van der Waals surface area contributed by atoms with Gasteiger partial charge in [0.1, 0.15) is 12.5 Å². The summed E-state index contributed by atoms with van der Waals surface area (Å²) < 4.78 is 77.1. The number of anilines is 1. The first-order valence-corrected chi connectivity index (χ1v) is 9.22. The Bertz CT molecular complexity index is 781. The maximum Gasteiger partial charge on any atom is 0.490 e. The van der Waals surface area contributed by atoms with Gasteiger partial charge in [0.05, 0.1) is 5.69 Å². The zero-order chi connectivity index (χ0) is 24.1. The fourth-order valence-electron chi connectivity index (χ4n) is 2.84. The molecule has 0 bridgehead atoms. The second-order valence-corrected chi connectivity index (χ2v) is 7.27. The Labute approximate surface area is 179 Å². The highest BCUT2D eigenvalue weighted by atomic mass is 79.9. The zero-order valence-electron chi connectivity index (χ0n) is 15.7. The number of nitrogens with zero attached hydrogens (tertiary/aromatic N) is 2. The van der Waals surface area contributed by atoms with Crippen molar-refractivity contribution in [2.75, 3.05) is 18.0 Å². The van der Waals surface area contributed by atoms with Crippen molar-refractivity contribution >= 4 is 33.7 Å². The Kier molecular flexibility index (Phi) is 9.05. The first-order chi connectivity index (χ1) is 14.1. The molecular formula is C16H17BrF7N3O4. The number of pyridine rings is 1. The van der Waals surface area contributed by atoms with Crippen molar-refractivity contribution < 1.29 is 50.5 Å². The lowest BCUT2D eigenvalue weighted by Crippen LogP contribution is -2.55. The summed E-state index contributed by atoms with van der Waals surface area (Å²) >= 11 is 3.39. The van der Waals surface area contributed by atoms with Gasteiger partial charge in [0.25, 0.3) is 0 Å². The van der Waals surface area contributed by atoms with E-state index in [0.717, 1.165) is 29.8 Å². The molecule has 176 valence electrons. The van der Waals surface area contributed by atoms with E-state index in [0.29, 0.717) is 17.8 Å². The van der Waals surface area contributed by atoms with Crippen LogP contribution in [0.15, 0.2) is 10.5 Å². The Morgan fingerprint density at radius 3 is 2.06 bits per heavy atom. The van der Waals surface area contributed by atoms with Crippen LogP contribution in [-0.4, -0.2) is 64.7 Å². The number of piperazine rings is 1. The number of carboxylic acid groups (broad SMARTS) is 2. The minimum atomic E-state index is -5.08. The van der Waals surface area contributed by atoms with Crippen LogP contribution < -0.4 is 10.2 Å². The van der Waals surface area contributed by atoms with E-state index in [1.807, 2.05) is 6.07 Å². The van der Waals surface area contributed by atoms with Crippen LogP contribution in [0.25, 0.3) is 0 Å². The Balaban J connectivity index is 0.000000288. The molecule has 31 heavy (non-hydrogen) atoms. The maximum absolute atomic E-state index is 12.9. The summed E-state index contributed by atoms with van der Waals surface area (Å²) in [6.07, 6.45) is -9.16. The summed E-state index contributed by atoms with van der Waals surface area (Å²) in [4.78, 5) is 24.6. The monoisotopic (exact) mass is 527 g/mol. The van der Waals surface area contributed by atoms with Gasteiger partial charge < -0.3 is 20.4 Å². The van der Waals surface area contributed by atoms with Crippen LogP contribution in [0, 0.1) is 0 Å². The maximum atomic E-state index is 12.9. The number of carboxylic acids is 2. The quantitative estimate of drug-likeness (QED) is 0.481. The molecular weight excluding hydrogens is 511 g/mol. The van der Waals surface area contributed by atoms with Gasteiger partial charge >= 0.3 is 24.3 Å². The largest absolute Gasteiger partial charge is 0.490 e. The van der Waals surface area contributed by atoms with Gasteiger partial charge in [-0.2, -0.15) is 26.3 Å². The summed E-state index contributed by atoms with van der Waals surface area (Å²) in [5, 5.41) is 17.7. The molecule has 2 aliphatic rings. The number of fused-ring (bicyclic) bond motifs is 3. The third-order valence-electron chi connectivity index (χ3n) is 4.10. The van der Waals surface area contributed by atoms with Crippen molar-refractivity contribution in [2.45, 2.75) is 44.5 Å². The number of halogens is 8. The van der Waals surface area contributed by atoms with Gasteiger partial charge in [0.2, 0.25) is 0 Å². The first-order valence-electron chi connectivity index (χ1n) is 8.43. The second-order valence-electron chi connectivity index (χ2n) is 6.41. The van der Waals surface area contributed by atoms with Gasteiger partial charge in [-0.1, -0.05) is 0 Å². The average Bonchev–Trinajstić information content (AvgIpc) is 2.98. The molecule has 1 fully saturated rings. The molecule has 0 radical (unpaired) electrons. The molecule has 3 heterocycles. The lowest BCUT2D eigenvalue weighted by Gasteiger charge is -2.37. The van der Waals surface area contributed by atoms with E-state index in [9.17, 15) is 30.7 Å². The number of aliphatic carboxylic acids is 2. The third kappa shape index (κ3) is 7.48. The summed E-state index contributed by atoms with van der Waals surface area (Å²) in [7, 11) is 0. The molecule has 0 amide bonds. The number of rotatable bonds is 1. The summed E-state index contributed by atoms with van der Waals surface area (Å²) in [5.74, 6) is -4.53. The summed E-state index contributed by atoms with van der Waals surface area (Å²) in [6.45, 7) is 3.63. The molecule has 1 aromatic rings. The molecule has 0 aliphatic carbocycles. The summed E-state index contributed by atoms with van der Waals surface area (Å²) in [6, 6.07) is 2.93. The number of alkyl halides is 7. The molecule has 0 unspecified atom stereocenters. The highest BCUT2D eigenvalue weighted by molar-refractivity contribution is 9.10. The highest BCUT2D eigenvalue weighted by Crippen LogP contribution is 2.36. The van der Waals surface area contributed by atoms with Crippen LogP contribution in [0.1, 0.15) is 18.2 Å². The van der Waals surface area contributed by atoms with E-state index < -0.39 is 31.0 Å². The fraction of sp³-hybridized carbons (Fsp3) is 0.562. The molecule has 0 saturated carbocycles. The van der Waals surface area contributed by atoms with E-state index >= 15 is 0 Å². The molecule has 1 saturated heterocycles. The molecule has 3 N–H and O–H groups in total. The van der Waals surface area contributed by atoms with Crippen molar-refractivity contribution in [1.29, 1.82) is 0 Å². The van der Waals surface area contributed by atoms with Gasteiger partial charge in [0.15, 0.2) is 0 Å². The predicted molar refractivity (Wildman–Crippen MR) is 96.4 cm³/mol. The molecule has 15 heteroatoms. The van der Waals surface area contributed by atoms with Gasteiger partial charge in [-0.05, 0) is 40.9 Å². The van der Waals surface area contributed by atoms with E-state index in [1.54, 1.807) is 0 Å². The number of hydrogen-bond acceptors (Lipinski definition) is 5. The van der Waals surface area contributed by atoms with Gasteiger partial charge in [-0.25, -0.2) is 19.0 Å². The number of carbonyl (C=O) groups is 2. The van der Waals surface area contributed by atoms with Crippen LogP contribution in [0.4, 0.5) is 36.6 Å². The minimum absolute atomic E-state index is 0.427. The lowest BCUT2D eigenvalue weighted by molar-refractivity contribution is -0.193. The normalized spacial score (nSPS) is 19.8. The zero-order valence-corrected chi connectivity index (χ0v) is 17.3. The number of hydrogen-bond donors (Lipinski definition) is 3. The van der Waals surface area contributed by atoms with Crippen LogP contribution >= 0.6 is 15.9 Å². The highest BCUT2D eigenvalue weighted by Gasteiger charge is 2.39. The Morgan fingerprint density at radius 1 is 1.16 bits per heavy atom. The summed E-state index contributed by atoms with van der Waals surface area (Å²) in [5.41, 5.74) is 1.74. The second kappa shape index (κ2) is 10.4. The molecule has 1 aromatic heterocycles. The molecule has 0 aromatic carbocycles. The fourth-order valence-corrected chi connectivity index (χ4v) is 3.31. The van der Waals surface area contributed by atoms with Crippen LogP contribution in [0.2, 0.25) is 0 Å². The van der Waals surface area contributed by atoms with E-state index in [1.165, 1.54) is 5.56 Å². The molecule has 7 nitrogen and oxygen atoms in total. The van der Waals surface area contributed by atoms with E-state index in [-0.39, 0.29) is 0 Å². The standard InChI is InChI=1S/C12H15BrFN3.2C2HF3O2/c1-7-5-15-6-9-2-8-3-10(13)11(4-14)16-12(8)17(7)9;2*3-2(4,5)1(6)7/h3,7,9,15H,2,4-6H2,1H3;2*(H,6,7)/t7-,9-;;/m1../s1. The Morgan fingerprint density at radius 2 is 1.65 bits per heavy atom. The predicted octanol–water partition coefficient (Wildman–Crippen LogP) is 3.30. The van der Waals surface area contributed by atoms with E-state index in [4.69, 9.17) is 19.8 Å². The molecule has 3 rings (SSSR count). The van der Waals surface area contributed by atoms with Crippen molar-refractivity contribution in [3.05, 3.63) is 21.8 Å². The van der Waals surface area contributed by atoms with Gasteiger partial charge in [-0.3, -0.25) is 0 Å². The van der Waals surface area contributed by atoms with Gasteiger partial charge in [-0.15, -0.1) is 0 Å². The van der Waals surface area contributed by atoms with Crippen molar-refractivity contribution in [1.82, 2.24) is 10.3 Å². The van der Waals surface area contributed by atoms with Crippen LogP contribution in [0.5, 0.6) is 0 Å². The minimum Gasteiger partial charge on any atom is -0.475 e. The molecule has 2 aliphatic heterocycles. The van der Waals surface area contributed by atoms with Crippen molar-refractivity contribution in [3.8, 4) is 0 Å². The average molecular weight is 528 g/mol. The molecule has 0 spiro atoms. The van der Waals surface area contributed by atoms with Crippen molar-refractivity contribution in [3.63, 3.8) is 0 Å². The first kappa shape index (κ1) is 26.9. The smallest absolute Gasteiger partial charge is 0.475 e. The number of aromatic nitrogens is 1. The number of nitrogens with one attached hydrogen (secondary N) is 1. The lowest BCUT2D eigenvalue weighted by atomic mass is 10.1. The third-order valence-corrected chi connectivity index (χ3v) is 4.79. The van der Waals surface area contributed by atoms with E-state index in [2.05, 4.69) is 38.1 Å². The topological polar surface area (TPSA) is 103 Å². The molecule has 2 atom stereocenters. The SMILES string of the molecule is C[C@@H]1CNC[C@H]2Cc3cc(Br)c(CF)nc3N21.O=C(O)C(F)(F)F.O=C(O)C(F)(F)F.